The molecule has 2 unspecified atom stereocenters. The number of hydrogen-bond acceptors (Lipinski definition) is 6. The van der Waals surface area contributed by atoms with Gasteiger partial charge in [0.1, 0.15) is 0 Å². The number of ether oxygens (including phenoxy) is 4. The van der Waals surface area contributed by atoms with Crippen molar-refractivity contribution in [2.75, 3.05) is 0 Å². The molecule has 0 radical (unpaired) electrons. The highest BCUT2D eigenvalue weighted by Gasteiger charge is 2.53. The Kier molecular flexibility index (Phi) is 9.02. The minimum absolute atomic E-state index is 2.97. The molecule has 0 amide bonds. The molecule has 0 aromatic heterocycles. The third-order valence-electron chi connectivity index (χ3n) is 1.46. The lowest BCUT2D eigenvalue weighted by molar-refractivity contribution is -0.370. The maximum Gasteiger partial charge on any atom is 0.525 e. The maximum atomic E-state index is 12.3. The van der Waals surface area contributed by atoms with E-state index in [4.69, 9.17) is 69.6 Å². The molecule has 0 aromatic carbocycles. The summed E-state index contributed by atoms with van der Waals surface area (Å²) >= 11 is 29.7. The summed E-state index contributed by atoms with van der Waals surface area (Å²) in [5.41, 5.74) is -7.42. The molecule has 0 saturated carbocycles. The van der Waals surface area contributed by atoms with Crippen LogP contribution in [0.3, 0.4) is 0 Å². The minimum atomic E-state index is -6.03. The predicted molar refractivity (Wildman–Crippen MR) is 73.5 cm³/mol. The molecule has 0 aliphatic rings. The van der Waals surface area contributed by atoms with E-state index < -0.39 is 41.8 Å². The van der Waals surface area contributed by atoms with Crippen molar-refractivity contribution < 1.29 is 53.7 Å². The fourth-order valence-electron chi connectivity index (χ4n) is 0.844. The van der Waals surface area contributed by atoms with E-state index in [0.717, 1.165) is 0 Å². The van der Waals surface area contributed by atoms with Crippen LogP contribution in [0.4, 0.5) is 26.3 Å². The minimum Gasteiger partial charge on any atom is -0.290 e. The zero-order valence-electron chi connectivity index (χ0n) is 10.5. The quantitative estimate of drug-likeness (QED) is 0.282. The van der Waals surface area contributed by atoms with E-state index in [2.05, 4.69) is 18.9 Å². The second-order valence-electron chi connectivity index (χ2n) is 3.42. The van der Waals surface area contributed by atoms with Gasteiger partial charge in [0.2, 0.25) is 0 Å². The van der Waals surface area contributed by atoms with Crippen molar-refractivity contribution in [3.63, 3.8) is 0 Å². The van der Waals surface area contributed by atoms with Crippen LogP contribution in [0.2, 0.25) is 0 Å². The van der Waals surface area contributed by atoms with E-state index in [9.17, 15) is 34.8 Å². The van der Waals surface area contributed by atoms with Crippen molar-refractivity contribution in [3.05, 3.63) is 0 Å². The Morgan fingerprint density at radius 2 is 0.840 bits per heavy atom. The SMILES string of the molecule is O=S(=O)(C(OC(F)(F)F)OC(Cl)(Cl)Cl)C(OC(F)(F)F)OC(Cl)(Cl)Cl. The monoisotopic (exact) mass is 526 g/mol. The van der Waals surface area contributed by atoms with Gasteiger partial charge >= 0.3 is 12.7 Å². The molecule has 0 rings (SSSR count). The highest BCUT2D eigenvalue weighted by Crippen LogP contribution is 2.38. The second kappa shape index (κ2) is 8.64. The van der Waals surface area contributed by atoms with Crippen molar-refractivity contribution in [2.45, 2.75) is 31.9 Å². The largest absolute Gasteiger partial charge is 0.525 e. The van der Waals surface area contributed by atoms with Gasteiger partial charge in [0.25, 0.3) is 29.0 Å². The van der Waals surface area contributed by atoms with Gasteiger partial charge in [-0.05, 0) is 0 Å². The lowest BCUT2D eigenvalue weighted by atomic mass is 11.2. The Bertz CT molecular complexity index is 466. The van der Waals surface area contributed by atoms with Gasteiger partial charge in [-0.1, -0.05) is 69.6 Å². The molecule has 0 N–H and O–H groups in total. The molecular weight excluding hydrogens is 527 g/mol. The van der Waals surface area contributed by atoms with Gasteiger partial charge < -0.3 is 0 Å². The summed E-state index contributed by atoms with van der Waals surface area (Å²) in [5.74, 6) is 0. The molecule has 0 saturated heterocycles. The first-order valence-corrected chi connectivity index (χ1v) is 8.71. The summed E-state index contributed by atoms with van der Waals surface area (Å²) in [6.07, 6.45) is -11.6. The highest BCUT2D eigenvalue weighted by atomic mass is 35.6. The average Bonchev–Trinajstić information content (AvgIpc) is 2.18. The topological polar surface area (TPSA) is 71.1 Å². The van der Waals surface area contributed by atoms with Crippen molar-refractivity contribution in [1.82, 2.24) is 0 Å². The van der Waals surface area contributed by atoms with Crippen LogP contribution in [0.15, 0.2) is 0 Å². The van der Waals surface area contributed by atoms with Crippen LogP contribution in [0.5, 0.6) is 0 Å². The zero-order chi connectivity index (χ0) is 20.5. The van der Waals surface area contributed by atoms with Crippen LogP contribution in [-0.2, 0) is 28.8 Å². The van der Waals surface area contributed by atoms with Gasteiger partial charge in [-0.15, -0.1) is 26.3 Å². The van der Waals surface area contributed by atoms with Gasteiger partial charge in [-0.3, -0.25) is 9.47 Å². The first-order valence-electron chi connectivity index (χ1n) is 4.83. The average molecular weight is 529 g/mol. The lowest BCUT2D eigenvalue weighted by Gasteiger charge is -2.28. The summed E-state index contributed by atoms with van der Waals surface area (Å²) < 4.78 is 105. The second-order valence-corrected chi connectivity index (χ2v) is 9.72. The van der Waals surface area contributed by atoms with Crippen LogP contribution < -0.4 is 0 Å². The molecule has 0 aliphatic carbocycles. The molecular formula is C6H2Cl6F6O6S. The van der Waals surface area contributed by atoms with Gasteiger partial charge in [0.15, 0.2) is 0 Å². The Hall–Kier alpha value is 1.11. The van der Waals surface area contributed by atoms with E-state index in [1.807, 2.05) is 0 Å². The standard InChI is InChI=1S/C6H2Cl6F6O6S/c7-3(8,9)21-1(23-5(13,14)15)25(19,20)2(22-4(10,11)12)24-6(16,17)18/h1-2H. The molecule has 0 fully saturated rings. The third kappa shape index (κ3) is 12.2. The molecule has 0 aromatic rings. The van der Waals surface area contributed by atoms with Crippen LogP contribution in [0.1, 0.15) is 0 Å². The van der Waals surface area contributed by atoms with Crippen LogP contribution in [-0.4, -0.2) is 40.3 Å². The summed E-state index contributed by atoms with van der Waals surface area (Å²) in [7, 11) is -6.03. The molecule has 0 spiro atoms. The number of alkyl halides is 12. The highest BCUT2D eigenvalue weighted by molar-refractivity contribution is 7.92. The van der Waals surface area contributed by atoms with E-state index in [1.165, 1.54) is 0 Å². The van der Waals surface area contributed by atoms with Crippen molar-refractivity contribution >= 4 is 79.4 Å². The fraction of sp³-hybridized carbons (Fsp3) is 1.00. The van der Waals surface area contributed by atoms with Gasteiger partial charge in [0.05, 0.1) is 0 Å². The summed E-state index contributed by atoms with van der Waals surface area (Å²) in [4.78, 5) is 0. The molecule has 0 heterocycles. The number of halogens is 12. The first kappa shape index (κ1) is 26.1. The molecule has 6 nitrogen and oxygen atoms in total. The molecule has 0 bridgehead atoms. The Balaban J connectivity index is 5.92. The number of rotatable bonds is 6. The van der Waals surface area contributed by atoms with Crippen molar-refractivity contribution in [2.24, 2.45) is 0 Å². The van der Waals surface area contributed by atoms with E-state index in [1.54, 1.807) is 0 Å². The van der Waals surface area contributed by atoms with Gasteiger partial charge in [0, 0.05) is 0 Å². The zero-order valence-corrected chi connectivity index (χ0v) is 15.9. The normalized spacial score (nSPS) is 17.4. The van der Waals surface area contributed by atoms with Crippen LogP contribution in [0.25, 0.3) is 0 Å². The van der Waals surface area contributed by atoms with Crippen LogP contribution >= 0.6 is 69.6 Å². The third-order valence-corrected chi connectivity index (χ3v) is 3.45. The van der Waals surface area contributed by atoms with Gasteiger partial charge in [-0.2, -0.15) is 0 Å². The van der Waals surface area contributed by atoms with E-state index in [-0.39, 0.29) is 0 Å². The van der Waals surface area contributed by atoms with Gasteiger partial charge in [-0.25, -0.2) is 17.9 Å². The molecule has 0 aliphatic heterocycles. The summed E-state index contributed by atoms with van der Waals surface area (Å²) in [6, 6.07) is 0. The molecule has 25 heavy (non-hydrogen) atoms. The van der Waals surface area contributed by atoms with Crippen molar-refractivity contribution in [1.29, 1.82) is 0 Å². The smallest absolute Gasteiger partial charge is 0.290 e. The number of hydrogen-bond donors (Lipinski definition) is 0. The van der Waals surface area contributed by atoms with Crippen LogP contribution in [0, 0.1) is 0 Å². The molecule has 19 heteroatoms. The first-order chi connectivity index (χ1) is 10.6. The summed E-state index contributed by atoms with van der Waals surface area (Å²) in [5, 5.41) is 0. The Morgan fingerprint density at radius 3 is 1.00 bits per heavy atom. The number of sulfone groups is 1. The molecule has 152 valence electrons. The predicted octanol–water partition coefficient (Wildman–Crippen LogP) is 4.73. The summed E-state index contributed by atoms with van der Waals surface area (Å²) in [6.45, 7) is 0. The maximum absolute atomic E-state index is 12.3. The van der Waals surface area contributed by atoms with E-state index in [0.29, 0.717) is 0 Å². The fourth-order valence-corrected chi connectivity index (χ4v) is 2.87. The van der Waals surface area contributed by atoms with Crippen molar-refractivity contribution in [3.8, 4) is 0 Å². The Morgan fingerprint density at radius 1 is 0.600 bits per heavy atom. The lowest BCUT2D eigenvalue weighted by Crippen LogP contribution is -2.46. The van der Waals surface area contributed by atoms with E-state index >= 15 is 0 Å². The molecule has 2 atom stereocenters. The Labute approximate surface area is 164 Å².